The zero-order valence-electron chi connectivity index (χ0n) is 19.2. The van der Waals surface area contributed by atoms with Gasteiger partial charge in [0, 0.05) is 12.1 Å². The van der Waals surface area contributed by atoms with Crippen LogP contribution in [0.2, 0.25) is 0 Å². The Balaban J connectivity index is 1.50. The second-order valence-corrected chi connectivity index (χ2v) is 7.75. The highest BCUT2D eigenvalue weighted by Crippen LogP contribution is 2.32. The first-order valence-corrected chi connectivity index (χ1v) is 10.6. The molecule has 0 saturated carbocycles. The maximum Gasteiger partial charge on any atom is 0.291 e. The molecule has 8 nitrogen and oxygen atoms in total. The minimum atomic E-state index is -2.34. The average molecular weight is 534 g/mol. The number of carbonyl (C=O) groups excluding carboxylic acids is 1. The molecular formula is C25H15F5N2O6. The third-order valence-corrected chi connectivity index (χ3v) is 5.10. The summed E-state index contributed by atoms with van der Waals surface area (Å²) in [5.41, 5.74) is 0.381. The molecule has 0 spiro atoms. The Morgan fingerprint density at radius 1 is 0.947 bits per heavy atom. The Hall–Kier alpha value is -4.94. The number of nitro groups is 1. The van der Waals surface area contributed by atoms with Crippen molar-refractivity contribution < 1.29 is 45.6 Å². The maximum absolute atomic E-state index is 13.8. The maximum atomic E-state index is 13.8. The first-order valence-electron chi connectivity index (χ1n) is 10.6. The van der Waals surface area contributed by atoms with Crippen LogP contribution in [0.15, 0.2) is 59.0 Å². The van der Waals surface area contributed by atoms with Crippen LogP contribution in [0.1, 0.15) is 21.9 Å². The van der Waals surface area contributed by atoms with Gasteiger partial charge in [-0.3, -0.25) is 14.9 Å². The van der Waals surface area contributed by atoms with E-state index >= 15 is 0 Å². The summed E-state index contributed by atoms with van der Waals surface area (Å²) >= 11 is 0. The van der Waals surface area contributed by atoms with Crippen molar-refractivity contribution in [1.29, 1.82) is 0 Å². The van der Waals surface area contributed by atoms with Crippen LogP contribution in [-0.2, 0) is 6.61 Å². The second-order valence-electron chi connectivity index (χ2n) is 7.75. The zero-order valence-corrected chi connectivity index (χ0v) is 19.2. The van der Waals surface area contributed by atoms with Gasteiger partial charge in [-0.05, 0) is 30.7 Å². The van der Waals surface area contributed by atoms with E-state index in [9.17, 15) is 36.9 Å². The van der Waals surface area contributed by atoms with Gasteiger partial charge in [0.25, 0.3) is 11.6 Å². The van der Waals surface area contributed by atoms with Gasteiger partial charge in [0.15, 0.2) is 11.5 Å². The number of benzene rings is 3. The number of aryl methyl sites for hydroxylation is 1. The van der Waals surface area contributed by atoms with Crippen LogP contribution in [0.4, 0.5) is 33.3 Å². The fourth-order valence-electron chi connectivity index (χ4n) is 3.24. The number of non-ortho nitro benzene ring substituents is 1. The number of furan rings is 1. The molecule has 1 N–H and O–H groups in total. The summed E-state index contributed by atoms with van der Waals surface area (Å²) in [6.07, 6.45) is 0. The first kappa shape index (κ1) is 26.1. The van der Waals surface area contributed by atoms with Gasteiger partial charge in [0.05, 0.1) is 16.7 Å². The van der Waals surface area contributed by atoms with Gasteiger partial charge in [-0.15, -0.1) is 0 Å². The Morgan fingerprint density at radius 3 is 2.26 bits per heavy atom. The lowest BCUT2D eigenvalue weighted by atomic mass is 10.2. The van der Waals surface area contributed by atoms with E-state index in [1.165, 1.54) is 18.2 Å². The number of para-hydroxylation sites is 1. The molecule has 3 aromatic carbocycles. The molecule has 0 fully saturated rings. The Labute approximate surface area is 210 Å². The molecule has 1 heterocycles. The van der Waals surface area contributed by atoms with Gasteiger partial charge in [-0.2, -0.15) is 8.78 Å². The van der Waals surface area contributed by atoms with Gasteiger partial charge in [0.1, 0.15) is 23.9 Å². The molecule has 0 bridgehead atoms. The summed E-state index contributed by atoms with van der Waals surface area (Å²) in [5, 5.41) is 13.8. The lowest BCUT2D eigenvalue weighted by Gasteiger charge is -2.10. The number of amides is 1. The molecule has 0 saturated heterocycles. The van der Waals surface area contributed by atoms with Crippen LogP contribution in [0.3, 0.4) is 0 Å². The smallest absolute Gasteiger partial charge is 0.291 e. The summed E-state index contributed by atoms with van der Waals surface area (Å²) in [4.78, 5) is 23.3. The number of nitrogens with one attached hydrogen (secondary N) is 1. The second kappa shape index (κ2) is 10.6. The third-order valence-electron chi connectivity index (χ3n) is 5.10. The molecular weight excluding hydrogens is 519 g/mol. The molecule has 0 aliphatic heterocycles. The van der Waals surface area contributed by atoms with Crippen LogP contribution in [0, 0.1) is 46.1 Å². The molecule has 4 rings (SSSR count). The number of hydrogen-bond acceptors (Lipinski definition) is 6. The van der Waals surface area contributed by atoms with Crippen molar-refractivity contribution in [2.45, 2.75) is 13.5 Å². The molecule has 0 aliphatic carbocycles. The van der Waals surface area contributed by atoms with Gasteiger partial charge in [-0.1, -0.05) is 18.2 Å². The van der Waals surface area contributed by atoms with Crippen LogP contribution in [0.25, 0.3) is 0 Å². The van der Waals surface area contributed by atoms with E-state index < -0.39 is 52.3 Å². The van der Waals surface area contributed by atoms with E-state index in [0.29, 0.717) is 5.75 Å². The van der Waals surface area contributed by atoms with Crippen LogP contribution >= 0.6 is 0 Å². The van der Waals surface area contributed by atoms with Crippen molar-refractivity contribution in [1.82, 2.24) is 0 Å². The molecule has 1 amide bonds. The highest BCUT2D eigenvalue weighted by Gasteiger charge is 2.27. The Kier molecular flexibility index (Phi) is 7.28. The highest BCUT2D eigenvalue weighted by molar-refractivity contribution is 6.02. The molecule has 196 valence electrons. The standard InChI is InChI=1S/C25H15F5N2O6/c1-12-4-2-3-5-17(12)38-16-9-13(8-14(10-16)32(34)35)31-25(33)18-7-6-15(37-18)11-36-24-22(29)20(27)19(26)21(28)23(24)30/h2-10H,11H2,1H3,(H,31,33). The molecule has 0 aliphatic rings. The van der Waals surface area contributed by atoms with E-state index in [1.54, 1.807) is 31.2 Å². The SMILES string of the molecule is Cc1ccccc1Oc1cc(NC(=O)c2ccc(COc3c(F)c(F)c(F)c(F)c3F)o2)cc([N+](=O)[O-])c1. The third kappa shape index (κ3) is 5.40. The number of rotatable bonds is 8. The van der Waals surface area contributed by atoms with E-state index in [2.05, 4.69) is 5.32 Å². The molecule has 13 heteroatoms. The summed E-state index contributed by atoms with van der Waals surface area (Å²) in [5.74, 6) is -13.4. The van der Waals surface area contributed by atoms with Crippen LogP contribution in [-0.4, -0.2) is 10.8 Å². The lowest BCUT2D eigenvalue weighted by molar-refractivity contribution is -0.384. The minimum absolute atomic E-state index is 0.0108. The topological polar surface area (TPSA) is 104 Å². The normalized spacial score (nSPS) is 10.8. The minimum Gasteiger partial charge on any atom is -0.479 e. The predicted octanol–water partition coefficient (Wildman–Crippen LogP) is 6.82. The number of nitro benzene ring substituents is 1. The monoisotopic (exact) mass is 534 g/mol. The number of ether oxygens (including phenoxy) is 2. The number of carbonyl (C=O) groups is 1. The summed E-state index contributed by atoms with van der Waals surface area (Å²) in [6.45, 7) is 0.996. The van der Waals surface area contributed by atoms with Gasteiger partial charge < -0.3 is 19.2 Å². The number of hydrogen-bond donors (Lipinski definition) is 1. The van der Waals surface area contributed by atoms with Crippen molar-refractivity contribution >= 4 is 17.3 Å². The number of anilines is 1. The largest absolute Gasteiger partial charge is 0.479 e. The zero-order chi connectivity index (χ0) is 27.6. The molecule has 0 atom stereocenters. The Morgan fingerprint density at radius 2 is 1.61 bits per heavy atom. The summed E-state index contributed by atoms with van der Waals surface area (Å²) in [6, 6.07) is 12.8. The first-order chi connectivity index (χ1) is 18.0. The average Bonchev–Trinajstić information content (AvgIpc) is 3.37. The summed E-state index contributed by atoms with van der Waals surface area (Å²) in [7, 11) is 0. The fraction of sp³-hybridized carbons (Fsp3) is 0.0800. The highest BCUT2D eigenvalue weighted by atomic mass is 19.2. The van der Waals surface area contributed by atoms with Gasteiger partial charge in [-0.25, -0.2) is 13.2 Å². The van der Waals surface area contributed by atoms with E-state index in [0.717, 1.165) is 17.7 Å². The molecule has 38 heavy (non-hydrogen) atoms. The van der Waals surface area contributed by atoms with E-state index in [1.807, 2.05) is 0 Å². The number of nitrogens with zero attached hydrogens (tertiary/aromatic N) is 1. The van der Waals surface area contributed by atoms with Crippen LogP contribution < -0.4 is 14.8 Å². The van der Waals surface area contributed by atoms with Crippen molar-refractivity contribution in [3.8, 4) is 17.2 Å². The Bertz CT molecular complexity index is 1530. The van der Waals surface area contributed by atoms with Gasteiger partial charge >= 0.3 is 0 Å². The van der Waals surface area contributed by atoms with Crippen molar-refractivity contribution in [2.75, 3.05) is 5.32 Å². The molecule has 4 aromatic rings. The molecule has 1 aromatic heterocycles. The fourth-order valence-corrected chi connectivity index (χ4v) is 3.24. The van der Waals surface area contributed by atoms with Crippen molar-refractivity contribution in [2.24, 2.45) is 0 Å². The molecule has 0 radical (unpaired) electrons. The summed E-state index contributed by atoms with van der Waals surface area (Å²) < 4.78 is 83.0. The van der Waals surface area contributed by atoms with E-state index in [-0.39, 0.29) is 28.6 Å². The van der Waals surface area contributed by atoms with E-state index in [4.69, 9.17) is 13.9 Å². The van der Waals surface area contributed by atoms with Crippen LogP contribution in [0.5, 0.6) is 17.2 Å². The predicted molar refractivity (Wildman–Crippen MR) is 122 cm³/mol. The quantitative estimate of drug-likeness (QED) is 0.0875. The molecule has 0 unspecified atom stereocenters. The lowest BCUT2D eigenvalue weighted by Crippen LogP contribution is -2.11. The van der Waals surface area contributed by atoms with Crippen molar-refractivity contribution in [3.63, 3.8) is 0 Å². The van der Waals surface area contributed by atoms with Crippen molar-refractivity contribution in [3.05, 3.63) is 111 Å². The van der Waals surface area contributed by atoms with Gasteiger partial charge in [0.2, 0.25) is 29.1 Å². The number of halogens is 5.